The number of ether oxygens (including phenoxy) is 1. The fourth-order valence-electron chi connectivity index (χ4n) is 5.44. The number of sulfone groups is 1. The number of halogens is 8. The Hall–Kier alpha value is -3.23. The number of carbonyl (C=O) groups is 2. The minimum Gasteiger partial charge on any atom is -0.443 e. The number of amides is 2. The second kappa shape index (κ2) is 9.39. The molecule has 224 valence electrons. The van der Waals surface area contributed by atoms with Gasteiger partial charge in [0, 0.05) is 5.56 Å². The fourth-order valence-corrected chi connectivity index (χ4v) is 7.74. The Bertz CT molecular complexity index is 1480. The largest absolute Gasteiger partial charge is 0.443 e. The summed E-state index contributed by atoms with van der Waals surface area (Å²) in [6, 6.07) is 2.92. The summed E-state index contributed by atoms with van der Waals surface area (Å²) in [7, 11) is -4.81. The third-order valence-corrected chi connectivity index (χ3v) is 9.64. The van der Waals surface area contributed by atoms with Gasteiger partial charge in [0.1, 0.15) is 16.2 Å². The number of hydrogen-bond donors (Lipinski definition) is 0. The van der Waals surface area contributed by atoms with Crippen LogP contribution in [0.4, 0.5) is 39.9 Å². The fraction of sp³-hybridized carbons (Fsp3) is 0.462. The van der Waals surface area contributed by atoms with Crippen molar-refractivity contribution in [3.63, 3.8) is 0 Å². The average Bonchev–Trinajstić information content (AvgIpc) is 3.14. The van der Waals surface area contributed by atoms with Crippen molar-refractivity contribution in [1.29, 1.82) is 0 Å². The maximum Gasteiger partial charge on any atom is 0.435 e. The Morgan fingerprint density at radius 2 is 1.51 bits per heavy atom. The van der Waals surface area contributed by atoms with Crippen molar-refractivity contribution >= 4 is 21.8 Å². The average molecular weight is 614 g/mol. The van der Waals surface area contributed by atoms with Gasteiger partial charge in [0.25, 0.3) is 0 Å². The van der Waals surface area contributed by atoms with Crippen molar-refractivity contribution in [3.05, 3.63) is 65.0 Å². The second-order valence-electron chi connectivity index (χ2n) is 10.8. The molecular formula is C26H23F8NO5S. The van der Waals surface area contributed by atoms with E-state index in [4.69, 9.17) is 4.74 Å². The van der Waals surface area contributed by atoms with Crippen molar-refractivity contribution in [2.45, 2.75) is 79.3 Å². The summed E-state index contributed by atoms with van der Waals surface area (Å²) in [5.74, 6) is -1.85. The third-order valence-electron chi connectivity index (χ3n) is 7.15. The highest BCUT2D eigenvalue weighted by Crippen LogP contribution is 2.57. The number of imide groups is 1. The van der Waals surface area contributed by atoms with Crippen LogP contribution in [0.5, 0.6) is 0 Å². The number of carbonyl (C=O) groups excluding carboxylic acids is 2. The van der Waals surface area contributed by atoms with E-state index < -0.39 is 91.8 Å². The number of benzene rings is 2. The van der Waals surface area contributed by atoms with Crippen LogP contribution in [0.3, 0.4) is 0 Å². The van der Waals surface area contributed by atoms with E-state index in [1.165, 1.54) is 20.8 Å². The van der Waals surface area contributed by atoms with Gasteiger partial charge in [-0.3, -0.25) is 4.79 Å². The Labute approximate surface area is 229 Å². The molecule has 2 aliphatic rings. The molecule has 1 aliphatic heterocycles. The lowest BCUT2D eigenvalue weighted by Gasteiger charge is -2.42. The zero-order chi connectivity index (χ0) is 31.0. The topological polar surface area (TPSA) is 80.8 Å². The molecular weight excluding hydrogens is 590 g/mol. The Morgan fingerprint density at radius 3 is 2.02 bits per heavy atom. The molecule has 1 saturated heterocycles. The summed E-state index contributed by atoms with van der Waals surface area (Å²) >= 11 is 0. The molecule has 15 heteroatoms. The van der Waals surface area contributed by atoms with E-state index in [1.54, 1.807) is 0 Å². The molecule has 2 amide bonds. The van der Waals surface area contributed by atoms with Crippen LogP contribution in [0.25, 0.3) is 0 Å². The van der Waals surface area contributed by atoms with Gasteiger partial charge >= 0.3 is 24.1 Å². The SMILES string of the molecule is CC(C)(C)OC(=O)N1C(=O)C[C@]2(S(=O)(=O)c3ccc(F)cc3)c3ccc(C(F)(C(F)(F)F)C(F)(F)F)cc3CC[C@H]12. The van der Waals surface area contributed by atoms with Crippen LogP contribution in [0, 0.1) is 5.82 Å². The van der Waals surface area contributed by atoms with E-state index in [9.17, 15) is 53.1 Å². The van der Waals surface area contributed by atoms with Crippen LogP contribution in [0.15, 0.2) is 47.4 Å². The minimum absolute atomic E-state index is 0.171. The first-order valence-electron chi connectivity index (χ1n) is 12.1. The third kappa shape index (κ3) is 4.65. The summed E-state index contributed by atoms with van der Waals surface area (Å²) < 4.78 is 140. The number of alkyl halides is 7. The molecule has 0 spiro atoms. The molecule has 6 nitrogen and oxygen atoms in total. The molecule has 2 aromatic carbocycles. The molecule has 0 saturated carbocycles. The van der Waals surface area contributed by atoms with Crippen molar-refractivity contribution in [2.24, 2.45) is 0 Å². The van der Waals surface area contributed by atoms with Crippen LogP contribution < -0.4 is 0 Å². The van der Waals surface area contributed by atoms with Crippen molar-refractivity contribution < 1.29 is 57.9 Å². The molecule has 1 heterocycles. The standard InChI is InChI=1S/C26H23F8NO5S/c1-22(2,3)40-21(37)35-19-11-4-14-12-15(24(28,25(29,30)31)26(32,33)34)5-10-18(14)23(19,13-20(35)36)41(38,39)17-8-6-16(27)7-9-17/h5-10,12,19H,4,11,13H2,1-3H3/t19-,23-/m0/s1. The predicted molar refractivity (Wildman–Crippen MR) is 126 cm³/mol. The van der Waals surface area contributed by atoms with E-state index in [1.807, 2.05) is 0 Å². The molecule has 1 aliphatic carbocycles. The highest BCUT2D eigenvalue weighted by atomic mass is 32.2. The monoisotopic (exact) mass is 613 g/mol. The molecule has 2 aromatic rings. The van der Waals surface area contributed by atoms with E-state index in [0.717, 1.165) is 24.3 Å². The molecule has 2 atom stereocenters. The zero-order valence-corrected chi connectivity index (χ0v) is 22.5. The quantitative estimate of drug-likeness (QED) is 0.301. The lowest BCUT2D eigenvalue weighted by molar-refractivity contribution is -0.348. The predicted octanol–water partition coefficient (Wildman–Crippen LogP) is 6.27. The van der Waals surface area contributed by atoms with Crippen LogP contribution in [-0.4, -0.2) is 49.3 Å². The molecule has 0 unspecified atom stereocenters. The number of fused-ring (bicyclic) bond motifs is 3. The van der Waals surface area contributed by atoms with Gasteiger partial charge in [-0.05, 0) is 69.0 Å². The first-order valence-corrected chi connectivity index (χ1v) is 13.6. The number of aryl methyl sites for hydroxylation is 1. The number of rotatable bonds is 3. The Kier molecular flexibility index (Phi) is 7.04. The highest BCUT2D eigenvalue weighted by molar-refractivity contribution is 7.92. The maximum absolute atomic E-state index is 14.9. The van der Waals surface area contributed by atoms with Crippen LogP contribution in [0.2, 0.25) is 0 Å². The second-order valence-corrected chi connectivity index (χ2v) is 13.1. The van der Waals surface area contributed by atoms with Crippen molar-refractivity contribution in [1.82, 2.24) is 4.90 Å². The van der Waals surface area contributed by atoms with E-state index in [0.29, 0.717) is 11.0 Å². The molecule has 41 heavy (non-hydrogen) atoms. The minimum atomic E-state index is -6.41. The van der Waals surface area contributed by atoms with Crippen LogP contribution >= 0.6 is 0 Å². The molecule has 0 radical (unpaired) electrons. The smallest absolute Gasteiger partial charge is 0.435 e. The van der Waals surface area contributed by atoms with Gasteiger partial charge in [-0.25, -0.2) is 26.9 Å². The van der Waals surface area contributed by atoms with Crippen molar-refractivity contribution in [3.8, 4) is 0 Å². The van der Waals surface area contributed by atoms with Gasteiger partial charge < -0.3 is 4.74 Å². The molecule has 1 fully saturated rings. The molecule has 0 bridgehead atoms. The van der Waals surface area contributed by atoms with Crippen molar-refractivity contribution in [2.75, 3.05) is 0 Å². The van der Waals surface area contributed by atoms with Gasteiger partial charge in [0.2, 0.25) is 5.91 Å². The molecule has 0 aromatic heterocycles. The lowest BCUT2D eigenvalue weighted by Crippen LogP contribution is -2.53. The Morgan fingerprint density at radius 1 is 0.951 bits per heavy atom. The summed E-state index contributed by atoms with van der Waals surface area (Å²) in [6.45, 7) is 4.45. The summed E-state index contributed by atoms with van der Waals surface area (Å²) in [5, 5.41) is 0. The maximum atomic E-state index is 14.9. The summed E-state index contributed by atoms with van der Waals surface area (Å²) in [4.78, 5) is 26.3. The Balaban J connectivity index is 1.98. The summed E-state index contributed by atoms with van der Waals surface area (Å²) in [5.41, 5.74) is -9.49. The van der Waals surface area contributed by atoms with E-state index in [-0.39, 0.29) is 23.3 Å². The van der Waals surface area contributed by atoms with Gasteiger partial charge in [-0.1, -0.05) is 18.2 Å². The number of hydrogen-bond acceptors (Lipinski definition) is 5. The molecule has 0 N–H and O–H groups in total. The highest BCUT2D eigenvalue weighted by Gasteiger charge is 2.74. The number of nitrogens with zero attached hydrogens (tertiary/aromatic N) is 1. The zero-order valence-electron chi connectivity index (χ0n) is 21.7. The van der Waals surface area contributed by atoms with Gasteiger partial charge in [-0.2, -0.15) is 26.3 Å². The summed E-state index contributed by atoms with van der Waals surface area (Å²) in [6.07, 6.45) is -15.8. The van der Waals surface area contributed by atoms with E-state index in [2.05, 4.69) is 0 Å². The first-order chi connectivity index (χ1) is 18.6. The van der Waals surface area contributed by atoms with Gasteiger partial charge in [0.15, 0.2) is 9.84 Å². The van der Waals surface area contributed by atoms with Gasteiger partial charge in [0.05, 0.1) is 17.4 Å². The lowest BCUT2D eigenvalue weighted by atomic mass is 9.77. The van der Waals surface area contributed by atoms with E-state index >= 15 is 0 Å². The van der Waals surface area contributed by atoms with Crippen LogP contribution in [0.1, 0.15) is 50.3 Å². The molecule has 4 rings (SSSR count). The van der Waals surface area contributed by atoms with Crippen LogP contribution in [-0.2, 0) is 36.2 Å². The normalized spacial score (nSPS) is 21.9. The first kappa shape index (κ1) is 30.7. The van der Waals surface area contributed by atoms with Gasteiger partial charge in [-0.15, -0.1) is 0 Å². The number of likely N-dealkylation sites (tertiary alicyclic amines) is 1.